The van der Waals surface area contributed by atoms with Gasteiger partial charge in [0.15, 0.2) is 0 Å². The molecule has 10 nitrogen and oxygen atoms in total. The van der Waals surface area contributed by atoms with Gasteiger partial charge in [-0.05, 0) is 86.3 Å². The summed E-state index contributed by atoms with van der Waals surface area (Å²) in [6.07, 6.45) is 8.09. The van der Waals surface area contributed by atoms with Crippen molar-refractivity contribution in [3.05, 3.63) is 143 Å². The molecule has 0 spiro atoms. The van der Waals surface area contributed by atoms with Crippen LogP contribution in [0.3, 0.4) is 0 Å². The van der Waals surface area contributed by atoms with Gasteiger partial charge < -0.3 is 30.1 Å². The second-order valence-electron chi connectivity index (χ2n) is 15.1. The normalized spacial score (nSPS) is 15.7. The van der Waals surface area contributed by atoms with E-state index in [1.165, 1.54) is 0 Å². The van der Waals surface area contributed by atoms with Gasteiger partial charge in [-0.2, -0.15) is 0 Å². The van der Waals surface area contributed by atoms with Crippen LogP contribution < -0.4 is 10.6 Å². The Morgan fingerprint density at radius 3 is 1.27 bits per heavy atom. The van der Waals surface area contributed by atoms with Crippen LogP contribution >= 0.6 is 0 Å². The van der Waals surface area contributed by atoms with Gasteiger partial charge in [0.25, 0.3) is 11.8 Å². The Kier molecular flexibility index (Phi) is 15.4. The number of benzene rings is 4. The second-order valence-corrected chi connectivity index (χ2v) is 15.1. The highest BCUT2D eigenvalue weighted by molar-refractivity contribution is 5.99. The predicted molar refractivity (Wildman–Crippen MR) is 215 cm³/mol. The standard InChI is InChI=1S/C24H30N2O3.C22H25NO4/c1-26(2)17-19-11-13-21(14-12-19)22(27)25-24(15-7-4-8-16-24)23(28)29-18-20-9-5-3-6-10-20;24-15-17-9-11-19(12-10-17)20(25)23-22(13-5-2-6-14-22)21(26)27-16-18-7-3-1-4-8-18/h3,5-6,9-14H,4,7-8,15-18H2,1-2H3,(H,25,27);1,3-4,7-12,24H,2,5-6,13-16H2,(H,23,25). The number of aliphatic hydroxyl groups is 1. The Hall–Kier alpha value is -5.32. The molecule has 296 valence electrons. The molecule has 0 bridgehead atoms. The lowest BCUT2D eigenvalue weighted by atomic mass is 9.81. The first kappa shape index (κ1) is 41.8. The van der Waals surface area contributed by atoms with Gasteiger partial charge >= 0.3 is 11.9 Å². The minimum Gasteiger partial charge on any atom is -0.459 e. The van der Waals surface area contributed by atoms with Crippen LogP contribution in [0.15, 0.2) is 109 Å². The molecule has 2 amide bonds. The van der Waals surface area contributed by atoms with Crippen LogP contribution in [-0.2, 0) is 45.4 Å². The van der Waals surface area contributed by atoms with Gasteiger partial charge in [-0.1, -0.05) is 123 Å². The number of aliphatic hydroxyl groups excluding tert-OH is 1. The van der Waals surface area contributed by atoms with E-state index in [4.69, 9.17) is 14.6 Å². The van der Waals surface area contributed by atoms with E-state index in [0.29, 0.717) is 36.8 Å². The summed E-state index contributed by atoms with van der Waals surface area (Å²) < 4.78 is 11.2. The SMILES string of the molecule is CN(C)Cc1ccc(C(=O)NC2(C(=O)OCc3ccccc3)CCCCC2)cc1.O=C(NC1(C(=O)OCc2ccccc2)CCCCC1)c1ccc(CO)cc1. The second kappa shape index (κ2) is 20.6. The highest BCUT2D eigenvalue weighted by Gasteiger charge is 2.43. The van der Waals surface area contributed by atoms with Crippen molar-refractivity contribution >= 4 is 23.8 Å². The Morgan fingerprint density at radius 1 is 0.536 bits per heavy atom. The number of ether oxygens (including phenoxy) is 2. The summed E-state index contributed by atoms with van der Waals surface area (Å²) in [6.45, 7) is 1.16. The van der Waals surface area contributed by atoms with Crippen LogP contribution in [0, 0.1) is 0 Å². The fourth-order valence-electron chi connectivity index (χ4n) is 7.26. The zero-order valence-corrected chi connectivity index (χ0v) is 32.6. The number of nitrogens with zero attached hydrogens (tertiary/aromatic N) is 1. The van der Waals surface area contributed by atoms with E-state index in [9.17, 15) is 19.2 Å². The number of esters is 2. The van der Waals surface area contributed by atoms with Crippen LogP contribution in [0.2, 0.25) is 0 Å². The number of amides is 2. The third-order valence-corrected chi connectivity index (χ3v) is 10.4. The van der Waals surface area contributed by atoms with E-state index in [0.717, 1.165) is 67.3 Å². The molecule has 2 aliphatic carbocycles. The van der Waals surface area contributed by atoms with Crippen LogP contribution in [0.25, 0.3) is 0 Å². The topological polar surface area (TPSA) is 134 Å². The van der Waals surface area contributed by atoms with Gasteiger partial charge in [0, 0.05) is 17.7 Å². The maximum absolute atomic E-state index is 13.0. The average Bonchev–Trinajstić information content (AvgIpc) is 3.23. The number of nitrogens with one attached hydrogen (secondary N) is 2. The van der Waals surface area contributed by atoms with E-state index >= 15 is 0 Å². The van der Waals surface area contributed by atoms with Crippen LogP contribution in [0.1, 0.15) is 107 Å². The van der Waals surface area contributed by atoms with Crippen molar-refractivity contribution < 1.29 is 33.8 Å². The van der Waals surface area contributed by atoms with Crippen LogP contribution in [0.5, 0.6) is 0 Å². The largest absolute Gasteiger partial charge is 0.459 e. The molecule has 3 N–H and O–H groups in total. The zero-order chi connectivity index (χ0) is 39.8. The van der Waals surface area contributed by atoms with Gasteiger partial charge in [-0.25, -0.2) is 9.59 Å². The number of rotatable bonds is 13. The lowest BCUT2D eigenvalue weighted by Crippen LogP contribution is -2.56. The van der Waals surface area contributed by atoms with Crippen LogP contribution in [0.4, 0.5) is 0 Å². The molecule has 2 aliphatic rings. The molecule has 0 radical (unpaired) electrons. The monoisotopic (exact) mass is 761 g/mol. The summed E-state index contributed by atoms with van der Waals surface area (Å²) in [5, 5.41) is 15.1. The Bertz CT molecular complexity index is 1850. The number of hydrogen-bond donors (Lipinski definition) is 3. The van der Waals surface area contributed by atoms with Crippen molar-refractivity contribution in [2.45, 2.75) is 102 Å². The number of carbonyl (C=O) groups excluding carboxylic acids is 4. The quantitative estimate of drug-likeness (QED) is 0.121. The minimum atomic E-state index is -0.972. The van der Waals surface area contributed by atoms with Crippen molar-refractivity contribution in [1.82, 2.24) is 15.5 Å². The summed E-state index contributed by atoms with van der Waals surface area (Å²) >= 11 is 0. The summed E-state index contributed by atoms with van der Waals surface area (Å²) in [5.41, 5.74) is 2.85. The van der Waals surface area contributed by atoms with Gasteiger partial charge in [-0.15, -0.1) is 0 Å². The molecular formula is C46H55N3O7. The molecule has 0 aliphatic heterocycles. The summed E-state index contributed by atoms with van der Waals surface area (Å²) in [7, 11) is 4.02. The van der Waals surface area contributed by atoms with Gasteiger partial charge in [0.1, 0.15) is 24.3 Å². The zero-order valence-electron chi connectivity index (χ0n) is 32.6. The molecule has 0 heterocycles. The van der Waals surface area contributed by atoms with Crippen molar-refractivity contribution in [1.29, 1.82) is 0 Å². The number of hydrogen-bond acceptors (Lipinski definition) is 8. The molecule has 2 fully saturated rings. The third kappa shape index (κ3) is 11.8. The van der Waals surface area contributed by atoms with Crippen molar-refractivity contribution in [2.24, 2.45) is 0 Å². The lowest BCUT2D eigenvalue weighted by molar-refractivity contribution is -0.155. The fourth-order valence-corrected chi connectivity index (χ4v) is 7.26. The van der Waals surface area contributed by atoms with E-state index in [1.54, 1.807) is 24.3 Å². The summed E-state index contributed by atoms with van der Waals surface area (Å²) in [6, 6.07) is 33.4. The molecule has 56 heavy (non-hydrogen) atoms. The van der Waals surface area contributed by atoms with E-state index < -0.39 is 11.1 Å². The van der Waals surface area contributed by atoms with E-state index in [-0.39, 0.29) is 43.6 Å². The molecule has 0 unspecified atom stereocenters. The van der Waals surface area contributed by atoms with Gasteiger partial charge in [-0.3, -0.25) is 9.59 Å². The minimum absolute atomic E-state index is 0.0718. The van der Waals surface area contributed by atoms with E-state index in [1.807, 2.05) is 99.0 Å². The highest BCUT2D eigenvalue weighted by atomic mass is 16.5. The Labute approximate surface area is 330 Å². The van der Waals surface area contributed by atoms with Crippen LogP contribution in [-0.4, -0.2) is 58.9 Å². The van der Waals surface area contributed by atoms with Crippen molar-refractivity contribution in [2.75, 3.05) is 14.1 Å². The summed E-state index contributed by atoms with van der Waals surface area (Å²) in [4.78, 5) is 53.6. The number of carbonyl (C=O) groups is 4. The predicted octanol–water partition coefficient (Wildman–Crippen LogP) is 7.28. The molecular weight excluding hydrogens is 707 g/mol. The smallest absolute Gasteiger partial charge is 0.332 e. The maximum Gasteiger partial charge on any atom is 0.332 e. The highest BCUT2D eigenvalue weighted by Crippen LogP contribution is 2.32. The lowest BCUT2D eigenvalue weighted by Gasteiger charge is -2.35. The molecule has 4 aromatic carbocycles. The first-order valence-electron chi connectivity index (χ1n) is 19.6. The first-order valence-corrected chi connectivity index (χ1v) is 19.6. The third-order valence-electron chi connectivity index (χ3n) is 10.4. The average molecular weight is 762 g/mol. The molecule has 10 heteroatoms. The molecule has 4 aromatic rings. The van der Waals surface area contributed by atoms with Crippen molar-refractivity contribution in [3.63, 3.8) is 0 Å². The first-order chi connectivity index (χ1) is 27.1. The Balaban J connectivity index is 0.000000215. The molecule has 2 saturated carbocycles. The Morgan fingerprint density at radius 2 is 0.911 bits per heavy atom. The van der Waals surface area contributed by atoms with Crippen molar-refractivity contribution in [3.8, 4) is 0 Å². The van der Waals surface area contributed by atoms with E-state index in [2.05, 4.69) is 15.5 Å². The molecule has 0 aromatic heterocycles. The fraction of sp³-hybridized carbons (Fsp3) is 0.391. The molecule has 6 rings (SSSR count). The van der Waals surface area contributed by atoms with Gasteiger partial charge in [0.2, 0.25) is 0 Å². The van der Waals surface area contributed by atoms with Gasteiger partial charge in [0.05, 0.1) is 6.61 Å². The molecule has 0 saturated heterocycles. The molecule has 0 atom stereocenters. The maximum atomic E-state index is 13.0. The summed E-state index contributed by atoms with van der Waals surface area (Å²) in [5.74, 6) is -1.22.